The number of carboxylic acids is 1. The molecule has 1 aromatic rings. The number of benzene rings is 1. The second-order valence-electron chi connectivity index (χ2n) is 6.44. The lowest BCUT2D eigenvalue weighted by molar-refractivity contribution is -0.139. The molecule has 8 heteroatoms. The predicted molar refractivity (Wildman–Crippen MR) is 92.7 cm³/mol. The number of carbonyl (C=O) groups excluding carboxylic acids is 1. The van der Waals surface area contributed by atoms with Gasteiger partial charge in [0.05, 0.1) is 13.1 Å². The summed E-state index contributed by atoms with van der Waals surface area (Å²) in [5.41, 5.74) is -0.130. The summed E-state index contributed by atoms with van der Waals surface area (Å²) in [5.74, 6) is -2.22. The van der Waals surface area contributed by atoms with Crippen molar-refractivity contribution in [3.8, 4) is 0 Å². The molecule has 0 aromatic heterocycles. The van der Waals surface area contributed by atoms with Crippen LogP contribution < -0.4 is 5.32 Å². The fourth-order valence-electron chi connectivity index (χ4n) is 3.14. The van der Waals surface area contributed by atoms with Gasteiger partial charge in [-0.2, -0.15) is 0 Å². The van der Waals surface area contributed by atoms with E-state index in [1.807, 2.05) is 11.8 Å². The molecule has 2 rings (SSSR count). The summed E-state index contributed by atoms with van der Waals surface area (Å²) in [5, 5.41) is 11.8. The van der Waals surface area contributed by atoms with E-state index in [1.54, 1.807) is 6.92 Å². The summed E-state index contributed by atoms with van der Waals surface area (Å²) in [7, 11) is 0. The number of hydrogen-bond donors (Lipinski definition) is 2. The molecule has 1 aliphatic carbocycles. The molecule has 0 atom stereocenters. The predicted octanol–water partition coefficient (Wildman–Crippen LogP) is 2.43. The Morgan fingerprint density at radius 2 is 1.81 bits per heavy atom. The topological polar surface area (TPSA) is 72.9 Å². The molecule has 1 saturated carbocycles. The first-order chi connectivity index (χ1) is 12.3. The third-order valence-corrected chi connectivity index (χ3v) is 4.78. The molecule has 2 N–H and O–H groups in total. The monoisotopic (exact) mass is 369 g/mol. The van der Waals surface area contributed by atoms with Crippen molar-refractivity contribution in [2.45, 2.75) is 45.3 Å². The molecule has 26 heavy (non-hydrogen) atoms. The Morgan fingerprint density at radius 3 is 2.31 bits per heavy atom. The van der Waals surface area contributed by atoms with Crippen molar-refractivity contribution in [2.24, 2.45) is 0 Å². The van der Waals surface area contributed by atoms with E-state index in [1.165, 1.54) is 23.1 Å². The first-order valence-corrected chi connectivity index (χ1v) is 8.79. The van der Waals surface area contributed by atoms with Crippen molar-refractivity contribution in [1.29, 1.82) is 0 Å². The average Bonchev–Trinajstić information content (AvgIpc) is 2.55. The molecule has 1 aromatic carbocycles. The normalized spacial score (nSPS) is 19.1. The van der Waals surface area contributed by atoms with Crippen LogP contribution in [0.15, 0.2) is 18.2 Å². The van der Waals surface area contributed by atoms with Crippen molar-refractivity contribution >= 4 is 12.0 Å². The molecule has 0 unspecified atom stereocenters. The second-order valence-corrected chi connectivity index (χ2v) is 6.44. The van der Waals surface area contributed by atoms with Gasteiger partial charge in [0.1, 0.15) is 11.6 Å². The van der Waals surface area contributed by atoms with E-state index in [0.717, 1.165) is 0 Å². The average molecular weight is 369 g/mol. The van der Waals surface area contributed by atoms with E-state index in [-0.39, 0.29) is 36.8 Å². The van der Waals surface area contributed by atoms with Crippen LogP contribution in [0.25, 0.3) is 0 Å². The SMILES string of the molecule is CCN(Cc1c(F)cccc1F)C(=O)NC1CC(N(CC)CC(=O)O)C1. The van der Waals surface area contributed by atoms with Crippen LogP contribution in [-0.4, -0.2) is 58.6 Å². The molecule has 6 nitrogen and oxygen atoms in total. The molecule has 1 fully saturated rings. The van der Waals surface area contributed by atoms with Crippen LogP contribution >= 0.6 is 0 Å². The highest BCUT2D eigenvalue weighted by Gasteiger charge is 2.35. The van der Waals surface area contributed by atoms with Crippen molar-refractivity contribution in [2.75, 3.05) is 19.6 Å². The van der Waals surface area contributed by atoms with Gasteiger partial charge in [-0.3, -0.25) is 9.69 Å². The summed E-state index contributed by atoms with van der Waals surface area (Å²) in [4.78, 5) is 26.4. The van der Waals surface area contributed by atoms with E-state index < -0.39 is 17.6 Å². The smallest absolute Gasteiger partial charge is 0.317 e. The van der Waals surface area contributed by atoms with Crippen LogP contribution in [-0.2, 0) is 11.3 Å². The van der Waals surface area contributed by atoms with Crippen LogP contribution in [0.4, 0.5) is 13.6 Å². The van der Waals surface area contributed by atoms with Gasteiger partial charge in [0, 0.05) is 24.2 Å². The van der Waals surface area contributed by atoms with Crippen LogP contribution in [0.3, 0.4) is 0 Å². The van der Waals surface area contributed by atoms with Crippen LogP contribution in [0.1, 0.15) is 32.3 Å². The van der Waals surface area contributed by atoms with Crippen LogP contribution in [0.5, 0.6) is 0 Å². The van der Waals surface area contributed by atoms with E-state index in [4.69, 9.17) is 5.11 Å². The number of carbonyl (C=O) groups is 2. The number of nitrogens with one attached hydrogen (secondary N) is 1. The molecule has 0 spiro atoms. The first kappa shape index (κ1) is 20.1. The van der Waals surface area contributed by atoms with E-state index >= 15 is 0 Å². The van der Waals surface area contributed by atoms with E-state index in [9.17, 15) is 18.4 Å². The summed E-state index contributed by atoms with van der Waals surface area (Å²) in [6.45, 7) is 4.43. The van der Waals surface area contributed by atoms with Gasteiger partial charge in [-0.1, -0.05) is 13.0 Å². The third kappa shape index (κ3) is 4.91. The largest absolute Gasteiger partial charge is 0.480 e. The minimum absolute atomic E-state index is 0.0184. The molecule has 2 amide bonds. The number of amides is 2. The van der Waals surface area contributed by atoms with E-state index in [2.05, 4.69) is 5.32 Å². The number of urea groups is 1. The zero-order chi connectivity index (χ0) is 19.3. The fraction of sp³-hybridized carbons (Fsp3) is 0.556. The van der Waals surface area contributed by atoms with Crippen molar-refractivity contribution in [3.63, 3.8) is 0 Å². The summed E-state index contributed by atoms with van der Waals surface area (Å²) in [6.07, 6.45) is 1.33. The van der Waals surface area contributed by atoms with Crippen molar-refractivity contribution in [3.05, 3.63) is 35.4 Å². The molecule has 0 radical (unpaired) electrons. The van der Waals surface area contributed by atoms with Gasteiger partial charge in [0.2, 0.25) is 0 Å². The maximum Gasteiger partial charge on any atom is 0.317 e. The maximum absolute atomic E-state index is 13.8. The Morgan fingerprint density at radius 1 is 1.19 bits per heavy atom. The van der Waals surface area contributed by atoms with Gasteiger partial charge in [-0.15, -0.1) is 0 Å². The Hall–Kier alpha value is -2.22. The Balaban J connectivity index is 1.88. The first-order valence-electron chi connectivity index (χ1n) is 8.79. The molecule has 0 saturated heterocycles. The highest BCUT2D eigenvalue weighted by molar-refractivity contribution is 5.74. The number of halogens is 2. The van der Waals surface area contributed by atoms with Gasteiger partial charge in [-0.25, -0.2) is 13.6 Å². The van der Waals surface area contributed by atoms with Gasteiger partial charge >= 0.3 is 12.0 Å². The van der Waals surface area contributed by atoms with Crippen LogP contribution in [0, 0.1) is 11.6 Å². The number of hydrogen-bond acceptors (Lipinski definition) is 3. The minimum atomic E-state index is -0.872. The molecule has 0 bridgehead atoms. The summed E-state index contributed by atoms with van der Waals surface area (Å²) < 4.78 is 27.6. The summed E-state index contributed by atoms with van der Waals surface area (Å²) in [6, 6.07) is 3.32. The standard InChI is InChI=1S/C18H25F2N3O3/c1-3-22(11-17(24)25)13-8-12(9-13)21-18(26)23(4-2)10-14-15(19)6-5-7-16(14)20/h5-7,12-13H,3-4,8-11H2,1-2H3,(H,21,26)(H,24,25). The molecule has 0 heterocycles. The van der Waals surface area contributed by atoms with Gasteiger partial charge in [0.25, 0.3) is 0 Å². The molecular weight excluding hydrogens is 344 g/mol. The molecule has 1 aliphatic rings. The number of carboxylic acid groups (broad SMARTS) is 1. The Labute approximate surface area is 151 Å². The van der Waals surface area contributed by atoms with Gasteiger partial charge < -0.3 is 15.3 Å². The molecule has 0 aliphatic heterocycles. The van der Waals surface area contributed by atoms with Crippen molar-refractivity contribution in [1.82, 2.24) is 15.1 Å². The molecular formula is C18H25F2N3O3. The summed E-state index contributed by atoms with van der Waals surface area (Å²) >= 11 is 0. The quantitative estimate of drug-likeness (QED) is 0.738. The lowest BCUT2D eigenvalue weighted by atomic mass is 9.85. The number of likely N-dealkylation sites (N-methyl/N-ethyl adjacent to an activating group) is 1. The zero-order valence-corrected chi connectivity index (χ0v) is 15.0. The number of nitrogens with zero attached hydrogens (tertiary/aromatic N) is 2. The highest BCUT2D eigenvalue weighted by atomic mass is 19.1. The second kappa shape index (κ2) is 8.93. The highest BCUT2D eigenvalue weighted by Crippen LogP contribution is 2.26. The van der Waals surface area contributed by atoms with Gasteiger partial charge in [-0.05, 0) is 38.4 Å². The zero-order valence-electron chi connectivity index (χ0n) is 15.0. The fourth-order valence-corrected chi connectivity index (χ4v) is 3.14. The van der Waals surface area contributed by atoms with E-state index in [0.29, 0.717) is 25.9 Å². The lowest BCUT2D eigenvalue weighted by Gasteiger charge is -2.42. The Kier molecular flexibility index (Phi) is 6.90. The minimum Gasteiger partial charge on any atom is -0.480 e. The maximum atomic E-state index is 13.8. The van der Waals surface area contributed by atoms with Crippen LogP contribution in [0.2, 0.25) is 0 Å². The number of rotatable bonds is 8. The lowest BCUT2D eigenvalue weighted by Crippen LogP contribution is -2.56. The van der Waals surface area contributed by atoms with Gasteiger partial charge in [0.15, 0.2) is 0 Å². The Bertz CT molecular complexity index is 630. The third-order valence-electron chi connectivity index (χ3n) is 4.78. The molecule has 144 valence electrons. The van der Waals surface area contributed by atoms with Crippen molar-refractivity contribution < 1.29 is 23.5 Å². The number of aliphatic carboxylic acids is 1.